The van der Waals surface area contributed by atoms with Gasteiger partial charge in [0.25, 0.3) is 0 Å². The van der Waals surface area contributed by atoms with Crippen LogP contribution in [0, 0.1) is 0 Å². The van der Waals surface area contributed by atoms with Crippen molar-refractivity contribution in [1.82, 2.24) is 15.1 Å². The largest absolute Gasteiger partial charge is 0.494 e. The fraction of sp³-hybridized carbons (Fsp3) is 0.261. The number of aromatic nitrogens is 2. The van der Waals surface area contributed by atoms with Crippen molar-refractivity contribution in [2.75, 3.05) is 6.61 Å². The molecule has 156 valence electrons. The van der Waals surface area contributed by atoms with Crippen LogP contribution in [-0.2, 0) is 11.3 Å². The van der Waals surface area contributed by atoms with Crippen molar-refractivity contribution in [3.05, 3.63) is 71.1 Å². The first kappa shape index (κ1) is 21.6. The van der Waals surface area contributed by atoms with Crippen molar-refractivity contribution in [2.45, 2.75) is 33.4 Å². The van der Waals surface area contributed by atoms with Crippen LogP contribution in [0.5, 0.6) is 5.75 Å². The lowest BCUT2D eigenvalue weighted by atomic mass is 10.2. The number of ether oxygens (including phenoxy) is 1. The molecule has 1 amide bonds. The molecule has 3 aromatic rings. The predicted octanol–water partition coefficient (Wildman–Crippen LogP) is 5.24. The van der Waals surface area contributed by atoms with Gasteiger partial charge in [-0.1, -0.05) is 35.9 Å². The van der Waals surface area contributed by atoms with E-state index in [1.807, 2.05) is 63.2 Å². The van der Waals surface area contributed by atoms with Crippen molar-refractivity contribution in [3.63, 3.8) is 0 Å². The monoisotopic (exact) mass is 425 g/mol. The first-order valence-corrected chi connectivity index (χ1v) is 10.1. The average molecular weight is 426 g/mol. The van der Waals surface area contributed by atoms with Crippen LogP contribution < -0.4 is 4.74 Å². The average Bonchev–Trinajstić information content (AvgIpc) is 3.20. The molecule has 0 aliphatic heterocycles. The molecule has 0 radical (unpaired) electrons. The molecule has 1 heterocycles. The third kappa shape index (κ3) is 5.48. The minimum absolute atomic E-state index is 0.0434. The highest BCUT2D eigenvalue weighted by molar-refractivity contribution is 6.33. The number of amides is 1. The summed E-state index contributed by atoms with van der Waals surface area (Å²) in [6.07, 6.45) is 3.32. The van der Waals surface area contributed by atoms with Crippen LogP contribution in [-0.4, -0.2) is 33.7 Å². The Morgan fingerprint density at radius 1 is 1.17 bits per heavy atom. The summed E-state index contributed by atoms with van der Waals surface area (Å²) in [6.45, 7) is 6.64. The zero-order chi connectivity index (χ0) is 21.5. The van der Waals surface area contributed by atoms with Gasteiger partial charge in [0.15, 0.2) is 0 Å². The Kier molecular flexibility index (Phi) is 7.25. The van der Waals surface area contributed by atoms with Crippen molar-refractivity contribution in [3.8, 4) is 17.2 Å². The maximum absolute atomic E-state index is 12.8. The van der Waals surface area contributed by atoms with E-state index in [1.165, 1.54) is 0 Å². The van der Waals surface area contributed by atoms with E-state index in [2.05, 4.69) is 10.2 Å². The molecule has 3 rings (SSSR count). The van der Waals surface area contributed by atoms with E-state index >= 15 is 0 Å². The maximum atomic E-state index is 12.8. The molecule has 0 aliphatic carbocycles. The smallest absolute Gasteiger partial charge is 0.249 e. The van der Waals surface area contributed by atoms with Gasteiger partial charge in [0.05, 0.1) is 23.7 Å². The van der Waals surface area contributed by atoms with Crippen LogP contribution in [0.3, 0.4) is 0 Å². The number of carbonyl (C=O) groups excluding carboxylic acids is 1. The van der Waals surface area contributed by atoms with Gasteiger partial charge >= 0.3 is 0 Å². The Hall–Kier alpha value is -3.12. The minimum atomic E-state index is -0.142. The van der Waals surface area contributed by atoms with Crippen molar-refractivity contribution in [2.24, 2.45) is 0 Å². The van der Waals surface area contributed by atoms with E-state index < -0.39 is 0 Å². The highest BCUT2D eigenvalue weighted by atomic mass is 35.5. The SMILES string of the molecule is CCOc1ccc(/C=C/C(=O)N(Cc2nnc(-c3ccccc3Cl)o2)C(C)C)cc1. The molecule has 7 heteroatoms. The van der Waals surface area contributed by atoms with E-state index in [0.717, 1.165) is 11.3 Å². The Labute approximate surface area is 181 Å². The van der Waals surface area contributed by atoms with Crippen molar-refractivity contribution < 1.29 is 13.9 Å². The molecular formula is C23H24ClN3O3. The summed E-state index contributed by atoms with van der Waals surface area (Å²) in [5.74, 6) is 1.34. The van der Waals surface area contributed by atoms with Crippen LogP contribution in [0.25, 0.3) is 17.5 Å². The summed E-state index contributed by atoms with van der Waals surface area (Å²) in [7, 11) is 0. The first-order valence-electron chi connectivity index (χ1n) is 9.76. The third-order valence-corrected chi connectivity index (χ3v) is 4.72. The topological polar surface area (TPSA) is 68.5 Å². The number of nitrogens with zero attached hydrogens (tertiary/aromatic N) is 3. The lowest BCUT2D eigenvalue weighted by molar-refractivity contribution is -0.128. The summed E-state index contributed by atoms with van der Waals surface area (Å²) < 4.78 is 11.2. The van der Waals surface area contributed by atoms with Crippen LogP contribution in [0.4, 0.5) is 0 Å². The Morgan fingerprint density at radius 3 is 2.57 bits per heavy atom. The molecule has 0 bridgehead atoms. The Balaban J connectivity index is 1.70. The van der Waals surface area contributed by atoms with E-state index in [-0.39, 0.29) is 18.5 Å². The second-order valence-electron chi connectivity index (χ2n) is 6.88. The van der Waals surface area contributed by atoms with Crippen LogP contribution in [0.2, 0.25) is 5.02 Å². The lowest BCUT2D eigenvalue weighted by Gasteiger charge is -2.23. The van der Waals surface area contributed by atoms with Gasteiger partial charge in [0, 0.05) is 12.1 Å². The van der Waals surface area contributed by atoms with Gasteiger partial charge in [0.1, 0.15) is 5.75 Å². The highest BCUT2D eigenvalue weighted by Crippen LogP contribution is 2.26. The second kappa shape index (κ2) is 10.1. The highest BCUT2D eigenvalue weighted by Gasteiger charge is 2.19. The molecule has 0 fully saturated rings. The van der Waals surface area contributed by atoms with Crippen molar-refractivity contribution >= 4 is 23.6 Å². The molecule has 2 aromatic carbocycles. The lowest BCUT2D eigenvalue weighted by Crippen LogP contribution is -2.35. The number of rotatable bonds is 8. The first-order chi connectivity index (χ1) is 14.5. The summed E-state index contributed by atoms with van der Waals surface area (Å²) in [4.78, 5) is 14.4. The van der Waals surface area contributed by atoms with E-state index in [9.17, 15) is 4.79 Å². The normalized spacial score (nSPS) is 11.2. The zero-order valence-electron chi connectivity index (χ0n) is 17.2. The molecule has 0 N–H and O–H groups in total. The maximum Gasteiger partial charge on any atom is 0.249 e. The van der Waals surface area contributed by atoms with Crippen molar-refractivity contribution in [1.29, 1.82) is 0 Å². The molecule has 0 saturated heterocycles. The molecular weight excluding hydrogens is 402 g/mol. The fourth-order valence-corrected chi connectivity index (χ4v) is 3.04. The number of hydrogen-bond donors (Lipinski definition) is 0. The molecule has 6 nitrogen and oxygen atoms in total. The quantitative estimate of drug-likeness (QED) is 0.461. The number of benzene rings is 2. The van der Waals surface area contributed by atoms with Gasteiger partial charge in [-0.05, 0) is 56.7 Å². The van der Waals surface area contributed by atoms with Gasteiger partial charge in [-0.3, -0.25) is 4.79 Å². The van der Waals surface area contributed by atoms with Gasteiger partial charge < -0.3 is 14.1 Å². The van der Waals surface area contributed by atoms with E-state index in [0.29, 0.717) is 29.0 Å². The standard InChI is InChI=1S/C23H24ClN3O3/c1-4-29-18-12-9-17(10-13-18)11-14-22(28)27(16(2)3)15-21-25-26-23(30-21)19-7-5-6-8-20(19)24/h5-14,16H,4,15H2,1-3H3/b14-11+. The van der Waals surface area contributed by atoms with E-state index in [4.69, 9.17) is 20.8 Å². The van der Waals surface area contributed by atoms with E-state index in [1.54, 1.807) is 23.1 Å². The summed E-state index contributed by atoms with van der Waals surface area (Å²) in [5.41, 5.74) is 1.57. The number of halogens is 1. The van der Waals surface area contributed by atoms with Crippen LogP contribution >= 0.6 is 11.6 Å². The summed E-state index contributed by atoms with van der Waals surface area (Å²) in [5, 5.41) is 8.67. The minimum Gasteiger partial charge on any atom is -0.494 e. The number of carbonyl (C=O) groups is 1. The Bertz CT molecular complexity index is 1010. The second-order valence-corrected chi connectivity index (χ2v) is 7.28. The molecule has 30 heavy (non-hydrogen) atoms. The molecule has 0 aliphatic rings. The molecule has 0 unspecified atom stereocenters. The fourth-order valence-electron chi connectivity index (χ4n) is 2.83. The number of hydrogen-bond acceptors (Lipinski definition) is 5. The van der Waals surface area contributed by atoms with Crippen LogP contribution in [0.1, 0.15) is 32.2 Å². The molecule has 0 atom stereocenters. The van der Waals surface area contributed by atoms with Crippen LogP contribution in [0.15, 0.2) is 59.0 Å². The van der Waals surface area contributed by atoms with Gasteiger partial charge in [0.2, 0.25) is 17.7 Å². The third-order valence-electron chi connectivity index (χ3n) is 4.39. The molecule has 1 aromatic heterocycles. The summed E-state index contributed by atoms with van der Waals surface area (Å²) >= 11 is 6.19. The Morgan fingerprint density at radius 2 is 1.90 bits per heavy atom. The van der Waals surface area contributed by atoms with Gasteiger partial charge in [-0.25, -0.2) is 0 Å². The molecule has 0 spiro atoms. The predicted molar refractivity (Wildman–Crippen MR) is 117 cm³/mol. The molecule has 0 saturated carbocycles. The van der Waals surface area contributed by atoms with Gasteiger partial charge in [-0.15, -0.1) is 10.2 Å². The zero-order valence-corrected chi connectivity index (χ0v) is 18.0. The summed E-state index contributed by atoms with van der Waals surface area (Å²) in [6, 6.07) is 14.8. The van der Waals surface area contributed by atoms with Gasteiger partial charge in [-0.2, -0.15) is 0 Å².